The molecule has 3 aromatic rings. The van der Waals surface area contributed by atoms with E-state index in [4.69, 9.17) is 23.2 Å². The van der Waals surface area contributed by atoms with Gasteiger partial charge in [0.1, 0.15) is 5.69 Å². The number of aromatic amines is 1. The predicted octanol–water partition coefficient (Wildman–Crippen LogP) is 4.50. The van der Waals surface area contributed by atoms with Crippen molar-refractivity contribution in [1.29, 1.82) is 0 Å². The van der Waals surface area contributed by atoms with Crippen molar-refractivity contribution in [3.63, 3.8) is 0 Å². The highest BCUT2D eigenvalue weighted by Gasteiger charge is 2.29. The predicted molar refractivity (Wildman–Crippen MR) is 128 cm³/mol. The van der Waals surface area contributed by atoms with Crippen LogP contribution in [-0.4, -0.2) is 58.8 Å². The van der Waals surface area contributed by atoms with Gasteiger partial charge in [-0.2, -0.15) is 0 Å². The molecule has 2 heterocycles. The number of hydrogen-bond acceptors (Lipinski definition) is 3. The van der Waals surface area contributed by atoms with E-state index < -0.39 is 0 Å². The van der Waals surface area contributed by atoms with Crippen LogP contribution in [0.3, 0.4) is 0 Å². The fraction of sp³-hybridized carbons (Fsp3) is 0.333. The van der Waals surface area contributed by atoms with Gasteiger partial charge >= 0.3 is 0 Å². The normalized spacial score (nSPS) is 16.7. The quantitative estimate of drug-likeness (QED) is 0.574. The zero-order valence-electron chi connectivity index (χ0n) is 18.1. The van der Waals surface area contributed by atoms with E-state index in [9.17, 15) is 9.59 Å². The first kappa shape index (κ1) is 22.6. The second kappa shape index (κ2) is 9.53. The number of amides is 2. The summed E-state index contributed by atoms with van der Waals surface area (Å²) < 4.78 is 0. The van der Waals surface area contributed by atoms with Crippen molar-refractivity contribution < 1.29 is 9.59 Å². The van der Waals surface area contributed by atoms with Crippen molar-refractivity contribution >= 4 is 45.9 Å². The van der Waals surface area contributed by atoms with E-state index in [1.54, 1.807) is 12.1 Å². The lowest BCUT2D eigenvalue weighted by molar-refractivity contribution is -0.127. The van der Waals surface area contributed by atoms with Crippen LogP contribution in [0.5, 0.6) is 0 Å². The highest BCUT2D eigenvalue weighted by atomic mass is 35.5. The zero-order valence-corrected chi connectivity index (χ0v) is 19.6. The number of benzene rings is 2. The number of aromatic nitrogens is 1. The Kier molecular flexibility index (Phi) is 6.74. The number of rotatable bonds is 5. The van der Waals surface area contributed by atoms with Crippen molar-refractivity contribution in [1.82, 2.24) is 20.1 Å². The first-order chi connectivity index (χ1) is 15.3. The molecule has 1 aliphatic heterocycles. The number of carbonyl (C=O) groups excluding carboxylic acids is 2. The minimum absolute atomic E-state index is 0.0102. The highest BCUT2D eigenvalue weighted by Crippen LogP contribution is 2.26. The minimum Gasteiger partial charge on any atom is -0.351 e. The molecular formula is C24H26Cl2N4O2. The van der Waals surface area contributed by atoms with E-state index in [1.807, 2.05) is 55.1 Å². The van der Waals surface area contributed by atoms with E-state index in [1.165, 1.54) is 0 Å². The molecule has 1 saturated heterocycles. The number of H-pyrrole nitrogens is 1. The molecule has 8 heteroatoms. The highest BCUT2D eigenvalue weighted by molar-refractivity contribution is 6.35. The van der Waals surface area contributed by atoms with Gasteiger partial charge in [0.05, 0.1) is 12.1 Å². The number of para-hydroxylation sites is 1. The molecular weight excluding hydrogens is 447 g/mol. The standard InChI is InChI=1S/C24H26Cl2N4O2/c1-15(19-8-7-18(25)14-20(19)26)27-23(31)16(2)29-9-11-30(12-10-29)24(32)22-13-17-5-3-4-6-21(17)28-22/h3-8,13-16,28H,9-12H2,1-2H3,(H,27,31). The van der Waals surface area contributed by atoms with Crippen molar-refractivity contribution in [2.24, 2.45) is 0 Å². The summed E-state index contributed by atoms with van der Waals surface area (Å²) in [6.45, 7) is 6.21. The molecule has 2 atom stereocenters. The van der Waals surface area contributed by atoms with E-state index in [2.05, 4.69) is 15.2 Å². The van der Waals surface area contributed by atoms with Crippen molar-refractivity contribution in [3.05, 3.63) is 69.8 Å². The number of piperazine rings is 1. The Hall–Kier alpha value is -2.54. The van der Waals surface area contributed by atoms with Crippen LogP contribution >= 0.6 is 23.2 Å². The molecule has 2 amide bonds. The summed E-state index contributed by atoms with van der Waals surface area (Å²) in [7, 11) is 0. The fourth-order valence-electron chi connectivity index (χ4n) is 4.10. The molecule has 2 N–H and O–H groups in total. The van der Waals surface area contributed by atoms with Crippen LogP contribution in [0.15, 0.2) is 48.5 Å². The zero-order chi connectivity index (χ0) is 22.8. The lowest BCUT2D eigenvalue weighted by atomic mass is 10.1. The fourth-order valence-corrected chi connectivity index (χ4v) is 4.67. The molecule has 1 aromatic heterocycles. The smallest absolute Gasteiger partial charge is 0.270 e. The molecule has 1 fully saturated rings. The maximum atomic E-state index is 12.9. The Morgan fingerprint density at radius 3 is 2.41 bits per heavy atom. The van der Waals surface area contributed by atoms with Gasteiger partial charge in [0, 0.05) is 47.1 Å². The lowest BCUT2D eigenvalue weighted by Crippen LogP contribution is -2.55. The average molecular weight is 473 g/mol. The summed E-state index contributed by atoms with van der Waals surface area (Å²) in [6.07, 6.45) is 0. The molecule has 6 nitrogen and oxygen atoms in total. The van der Waals surface area contributed by atoms with Gasteiger partial charge < -0.3 is 15.2 Å². The van der Waals surface area contributed by atoms with Crippen LogP contribution in [0.25, 0.3) is 10.9 Å². The lowest BCUT2D eigenvalue weighted by Gasteiger charge is -2.37. The molecule has 0 aliphatic carbocycles. The number of halogens is 2. The Bertz CT molecular complexity index is 1100. The number of carbonyl (C=O) groups is 2. The van der Waals surface area contributed by atoms with Crippen LogP contribution in [0.1, 0.15) is 35.9 Å². The third-order valence-electron chi connectivity index (χ3n) is 6.08. The van der Waals surface area contributed by atoms with E-state index in [-0.39, 0.29) is 23.9 Å². The van der Waals surface area contributed by atoms with E-state index in [0.29, 0.717) is 41.9 Å². The topological polar surface area (TPSA) is 68.4 Å². The van der Waals surface area contributed by atoms with Gasteiger partial charge in [0.2, 0.25) is 5.91 Å². The molecule has 2 aromatic carbocycles. The van der Waals surface area contributed by atoms with Crippen molar-refractivity contribution in [2.75, 3.05) is 26.2 Å². The van der Waals surface area contributed by atoms with E-state index >= 15 is 0 Å². The van der Waals surface area contributed by atoms with Crippen LogP contribution in [0.2, 0.25) is 10.0 Å². The summed E-state index contributed by atoms with van der Waals surface area (Å²) in [6, 6.07) is 14.5. The molecule has 2 unspecified atom stereocenters. The van der Waals surface area contributed by atoms with Gasteiger partial charge in [-0.1, -0.05) is 47.5 Å². The van der Waals surface area contributed by atoms with Crippen LogP contribution in [-0.2, 0) is 4.79 Å². The Morgan fingerprint density at radius 2 is 1.72 bits per heavy atom. The second-order valence-corrected chi connectivity index (χ2v) is 9.01. The summed E-state index contributed by atoms with van der Waals surface area (Å²) in [5, 5.41) is 5.15. The summed E-state index contributed by atoms with van der Waals surface area (Å²) in [4.78, 5) is 32.9. The van der Waals surface area contributed by atoms with Gasteiger partial charge in [-0.15, -0.1) is 0 Å². The van der Waals surface area contributed by atoms with Gasteiger partial charge in [-0.05, 0) is 43.7 Å². The monoisotopic (exact) mass is 472 g/mol. The van der Waals surface area contributed by atoms with Crippen LogP contribution in [0.4, 0.5) is 0 Å². The number of nitrogens with zero attached hydrogens (tertiary/aromatic N) is 2. The summed E-state index contributed by atoms with van der Waals surface area (Å²) >= 11 is 12.2. The Labute approximate surface area is 197 Å². The van der Waals surface area contributed by atoms with Gasteiger partial charge in [-0.3, -0.25) is 14.5 Å². The molecule has 0 saturated carbocycles. The van der Waals surface area contributed by atoms with Crippen LogP contribution in [0, 0.1) is 0 Å². The maximum Gasteiger partial charge on any atom is 0.270 e. The SMILES string of the molecule is CC(NC(=O)C(C)N1CCN(C(=O)c2cc3ccccc3[nH]2)CC1)c1ccc(Cl)cc1Cl. The number of nitrogens with one attached hydrogen (secondary N) is 2. The summed E-state index contributed by atoms with van der Waals surface area (Å²) in [5.41, 5.74) is 2.37. The van der Waals surface area contributed by atoms with Gasteiger partial charge in [0.15, 0.2) is 0 Å². The molecule has 168 valence electrons. The second-order valence-electron chi connectivity index (χ2n) is 8.17. The first-order valence-corrected chi connectivity index (χ1v) is 11.5. The summed E-state index contributed by atoms with van der Waals surface area (Å²) in [5.74, 6) is -0.0807. The molecule has 4 rings (SSSR count). The van der Waals surface area contributed by atoms with Crippen LogP contribution < -0.4 is 5.32 Å². The third-order valence-corrected chi connectivity index (χ3v) is 6.64. The Balaban J connectivity index is 1.32. The van der Waals surface area contributed by atoms with Crippen molar-refractivity contribution in [3.8, 4) is 0 Å². The molecule has 32 heavy (non-hydrogen) atoms. The number of fused-ring (bicyclic) bond motifs is 1. The van der Waals surface area contributed by atoms with Crippen molar-refractivity contribution in [2.45, 2.75) is 25.9 Å². The number of hydrogen-bond donors (Lipinski definition) is 2. The Morgan fingerprint density at radius 1 is 1.00 bits per heavy atom. The largest absolute Gasteiger partial charge is 0.351 e. The minimum atomic E-state index is -0.311. The van der Waals surface area contributed by atoms with Gasteiger partial charge in [-0.25, -0.2) is 0 Å². The third kappa shape index (κ3) is 4.77. The maximum absolute atomic E-state index is 12.9. The average Bonchev–Trinajstić information content (AvgIpc) is 3.22. The van der Waals surface area contributed by atoms with E-state index in [0.717, 1.165) is 16.5 Å². The van der Waals surface area contributed by atoms with Gasteiger partial charge in [0.25, 0.3) is 5.91 Å². The first-order valence-electron chi connectivity index (χ1n) is 10.7. The molecule has 0 bridgehead atoms. The molecule has 0 radical (unpaired) electrons. The molecule has 1 aliphatic rings. The molecule has 0 spiro atoms.